The molecule has 0 amide bonds. The zero-order valence-corrected chi connectivity index (χ0v) is 34.4. The van der Waals surface area contributed by atoms with E-state index in [0.29, 0.717) is 0 Å². The molecule has 0 saturated carbocycles. The van der Waals surface area contributed by atoms with E-state index in [2.05, 4.69) is 215 Å². The van der Waals surface area contributed by atoms with Crippen LogP contribution in [-0.2, 0) is 10.8 Å². The number of nitrogens with zero attached hydrogens (tertiary/aromatic N) is 1. The molecule has 0 aromatic heterocycles. The van der Waals surface area contributed by atoms with E-state index < -0.39 is 11.0 Å². The third kappa shape index (κ3) is 4.31. The van der Waals surface area contributed by atoms with E-state index >= 15 is 0 Å². The number of hydrogen-bond donors (Lipinski definition) is 0. The van der Waals surface area contributed by atoms with Gasteiger partial charge in [0.05, 0.1) is 16.4 Å². The maximum absolute atomic E-state index is 2.82. The number of aryl methyl sites for hydroxylation is 1. The number of fused-ring (bicyclic) bond motifs is 3. The van der Waals surface area contributed by atoms with Crippen molar-refractivity contribution in [2.75, 3.05) is 4.90 Å². The van der Waals surface area contributed by atoms with E-state index in [1.807, 2.05) is 0 Å². The van der Waals surface area contributed by atoms with Crippen molar-refractivity contribution in [3.63, 3.8) is 0 Å². The first-order valence-corrected chi connectivity index (χ1v) is 21.8. The average Bonchev–Trinajstić information content (AvgIpc) is 3.58. The van der Waals surface area contributed by atoms with Gasteiger partial charge in [-0.25, -0.2) is 0 Å². The Labute approximate surface area is 349 Å². The molecular weight excluding hydrogens is 711 g/mol. The minimum Gasteiger partial charge on any atom is -0.327 e. The molecule has 0 saturated heterocycles. The van der Waals surface area contributed by atoms with E-state index in [4.69, 9.17) is 0 Å². The Hall–Kier alpha value is -6.18. The van der Waals surface area contributed by atoms with Crippen molar-refractivity contribution in [2.45, 2.75) is 62.8 Å². The molecule has 6 aromatic rings. The van der Waals surface area contributed by atoms with Crippen molar-refractivity contribution in [1.82, 2.24) is 0 Å². The van der Waals surface area contributed by atoms with Crippen LogP contribution in [0.2, 0.25) is 0 Å². The zero-order chi connectivity index (χ0) is 39.7. The molecule has 0 fully saturated rings. The molecule has 286 valence electrons. The lowest BCUT2D eigenvalue weighted by Gasteiger charge is -2.64. The van der Waals surface area contributed by atoms with E-state index in [0.717, 1.165) is 12.8 Å². The van der Waals surface area contributed by atoms with Gasteiger partial charge in [-0.2, -0.15) is 0 Å². The van der Waals surface area contributed by atoms with Crippen molar-refractivity contribution in [3.05, 3.63) is 249 Å². The lowest BCUT2D eigenvalue weighted by Crippen LogP contribution is -2.62. The molecule has 5 unspecified atom stereocenters. The Morgan fingerprint density at radius 3 is 1.93 bits per heavy atom. The average molecular weight is 760 g/mol. The molecule has 1 heteroatoms. The summed E-state index contributed by atoms with van der Waals surface area (Å²) in [5.74, 6) is 0.712. The predicted molar refractivity (Wildman–Crippen MR) is 244 cm³/mol. The highest BCUT2D eigenvalue weighted by Crippen LogP contribution is 2.74. The third-order valence-corrected chi connectivity index (χ3v) is 15.2. The molecule has 0 radical (unpaired) electrons. The minimum absolute atomic E-state index is 0.169. The summed E-state index contributed by atoms with van der Waals surface area (Å²) in [5.41, 5.74) is 21.2. The molecule has 59 heavy (non-hydrogen) atoms. The smallest absolute Gasteiger partial charge is 0.0875 e. The Balaban J connectivity index is 1.25. The monoisotopic (exact) mass is 759 g/mol. The zero-order valence-electron chi connectivity index (χ0n) is 34.4. The van der Waals surface area contributed by atoms with Gasteiger partial charge in [0.25, 0.3) is 0 Å². The molecule has 0 N–H and O–H groups in total. The molecular formula is C58H49N. The summed E-state index contributed by atoms with van der Waals surface area (Å²) in [6.07, 6.45) is 14.7. The van der Waals surface area contributed by atoms with Crippen LogP contribution in [-0.4, -0.2) is 5.54 Å². The van der Waals surface area contributed by atoms with Gasteiger partial charge in [-0.1, -0.05) is 194 Å². The number of anilines is 2. The van der Waals surface area contributed by atoms with E-state index in [-0.39, 0.29) is 23.2 Å². The topological polar surface area (TPSA) is 3.24 Å². The maximum atomic E-state index is 2.82. The van der Waals surface area contributed by atoms with Crippen LogP contribution in [0.3, 0.4) is 0 Å². The molecule has 1 nitrogen and oxygen atoms in total. The summed E-state index contributed by atoms with van der Waals surface area (Å²) < 4.78 is 0. The van der Waals surface area contributed by atoms with Crippen LogP contribution < -0.4 is 4.90 Å². The first-order valence-electron chi connectivity index (χ1n) is 21.8. The molecule has 12 rings (SSSR count). The van der Waals surface area contributed by atoms with Crippen LogP contribution in [0.1, 0.15) is 78.5 Å². The highest BCUT2D eigenvalue weighted by Gasteiger charge is 2.67. The van der Waals surface area contributed by atoms with E-state index in [1.165, 1.54) is 72.6 Å². The van der Waals surface area contributed by atoms with Crippen molar-refractivity contribution in [1.29, 1.82) is 0 Å². The molecule has 2 aliphatic heterocycles. The lowest BCUT2D eigenvalue weighted by molar-refractivity contribution is 0.431. The van der Waals surface area contributed by atoms with Gasteiger partial charge in [-0.05, 0) is 118 Å². The fourth-order valence-corrected chi connectivity index (χ4v) is 13.1. The fraction of sp³-hybridized carbons (Fsp3) is 0.207. The summed E-state index contributed by atoms with van der Waals surface area (Å²) in [7, 11) is 0. The number of rotatable bonds is 5. The normalized spacial score (nSPS) is 26.4. The standard InChI is InChI=1S/C58H49N/c1-37-28-31-45(32-29-37)57(42-20-11-6-12-21-42)46-26-17-27-50-53(46)54-48(57)34-38(2)52-39(3)35-51-56(4,55(52)54)59(50)49-33-30-41(40-18-9-5-10-19-40)36-47(49)58(51,43-22-13-7-14-23-43)44-24-15-8-16-25-44/h5-11,13-20,22-36,38-39,54H,12,21H2,1-4H3. The second kappa shape index (κ2) is 12.4. The molecule has 6 aliphatic rings. The van der Waals surface area contributed by atoms with Crippen LogP contribution in [0, 0.1) is 18.8 Å². The molecule has 0 bridgehead atoms. The van der Waals surface area contributed by atoms with Gasteiger partial charge in [-0.15, -0.1) is 0 Å². The van der Waals surface area contributed by atoms with Crippen LogP contribution in [0.4, 0.5) is 11.4 Å². The van der Waals surface area contributed by atoms with Crippen LogP contribution in [0.5, 0.6) is 0 Å². The van der Waals surface area contributed by atoms with Gasteiger partial charge in [0, 0.05) is 17.3 Å². The number of allylic oxidation sites excluding steroid dienone is 8. The predicted octanol–water partition coefficient (Wildman–Crippen LogP) is 14.0. The molecule has 4 aliphatic carbocycles. The van der Waals surface area contributed by atoms with Crippen LogP contribution >= 0.6 is 0 Å². The number of hydrogen-bond acceptors (Lipinski definition) is 1. The third-order valence-electron chi connectivity index (χ3n) is 15.2. The molecule has 0 spiro atoms. The van der Waals surface area contributed by atoms with Crippen molar-refractivity contribution in [3.8, 4) is 11.1 Å². The summed E-state index contributed by atoms with van der Waals surface area (Å²) in [6.45, 7) is 9.81. The van der Waals surface area contributed by atoms with Gasteiger partial charge in [-0.3, -0.25) is 0 Å². The number of benzene rings is 6. The molecule has 6 aromatic carbocycles. The van der Waals surface area contributed by atoms with E-state index in [9.17, 15) is 0 Å². The minimum atomic E-state index is -0.552. The summed E-state index contributed by atoms with van der Waals surface area (Å²) in [5, 5.41) is 0. The van der Waals surface area contributed by atoms with Crippen molar-refractivity contribution < 1.29 is 0 Å². The summed E-state index contributed by atoms with van der Waals surface area (Å²) in [4.78, 5) is 2.82. The Kier molecular flexibility index (Phi) is 7.33. The van der Waals surface area contributed by atoms with Gasteiger partial charge in [0.15, 0.2) is 0 Å². The second-order valence-electron chi connectivity index (χ2n) is 18.1. The second-order valence-corrected chi connectivity index (χ2v) is 18.1. The maximum Gasteiger partial charge on any atom is 0.0875 e. The quantitative estimate of drug-likeness (QED) is 0.158. The van der Waals surface area contributed by atoms with Crippen molar-refractivity contribution >= 4 is 11.4 Å². The van der Waals surface area contributed by atoms with E-state index in [1.54, 1.807) is 16.7 Å². The molecule has 2 heterocycles. The van der Waals surface area contributed by atoms with Gasteiger partial charge < -0.3 is 4.90 Å². The van der Waals surface area contributed by atoms with Gasteiger partial charge in [0.1, 0.15) is 0 Å². The highest BCUT2D eigenvalue weighted by molar-refractivity contribution is 5.93. The largest absolute Gasteiger partial charge is 0.327 e. The first-order chi connectivity index (χ1) is 28.9. The Bertz CT molecular complexity index is 2830. The highest BCUT2D eigenvalue weighted by atomic mass is 15.2. The van der Waals surface area contributed by atoms with Gasteiger partial charge >= 0.3 is 0 Å². The SMILES string of the molecule is Cc1ccc(C2(C3=CC=CCC3)C3=CC(C)C4=C5C3c3c(cccc32)N2c3ccc(-c6ccccc6)cc3C(c3ccccc3)(c3ccccc3)C(=CC4C)C52C)cc1. The van der Waals surface area contributed by atoms with Crippen molar-refractivity contribution in [2.24, 2.45) is 11.8 Å². The lowest BCUT2D eigenvalue weighted by atomic mass is 9.49. The summed E-state index contributed by atoms with van der Waals surface area (Å²) in [6, 6.07) is 58.2. The van der Waals surface area contributed by atoms with Crippen LogP contribution in [0.15, 0.2) is 210 Å². The first kappa shape index (κ1) is 34.8. The Morgan fingerprint density at radius 1 is 0.593 bits per heavy atom. The van der Waals surface area contributed by atoms with Gasteiger partial charge in [0.2, 0.25) is 0 Å². The molecule has 5 atom stereocenters. The van der Waals surface area contributed by atoms with Crippen LogP contribution in [0.25, 0.3) is 11.1 Å². The summed E-state index contributed by atoms with van der Waals surface area (Å²) >= 11 is 0. The Morgan fingerprint density at radius 2 is 1.25 bits per heavy atom. The fourth-order valence-electron chi connectivity index (χ4n) is 13.1.